The Morgan fingerprint density at radius 3 is 2.34 bits per heavy atom. The molecule has 2 aromatic heterocycles. The first-order valence-electron chi connectivity index (χ1n) is 10.4. The van der Waals surface area contributed by atoms with E-state index in [4.69, 9.17) is 0 Å². The SMILES string of the molecule is Cc1ccc(C[n+]2ccc(Cn3c4c(c5ccccc53)CCCC4)cc2)cc1.[Cl-]. The summed E-state index contributed by atoms with van der Waals surface area (Å²) < 4.78 is 4.82. The smallest absolute Gasteiger partial charge is 0.173 e. The van der Waals surface area contributed by atoms with E-state index in [9.17, 15) is 0 Å². The quantitative estimate of drug-likeness (QED) is 0.463. The third kappa shape index (κ3) is 3.95. The number of para-hydroxylation sites is 1. The van der Waals surface area contributed by atoms with Crippen LogP contribution < -0.4 is 17.0 Å². The van der Waals surface area contributed by atoms with E-state index in [2.05, 4.69) is 89.1 Å². The number of rotatable bonds is 4. The Hall–Kier alpha value is -2.58. The number of fused-ring (bicyclic) bond motifs is 3. The predicted molar refractivity (Wildman–Crippen MR) is 115 cm³/mol. The van der Waals surface area contributed by atoms with Crippen molar-refractivity contribution < 1.29 is 17.0 Å². The summed E-state index contributed by atoms with van der Waals surface area (Å²) in [6, 6.07) is 22.3. The minimum absolute atomic E-state index is 0. The maximum absolute atomic E-state index is 2.56. The zero-order chi connectivity index (χ0) is 18.9. The van der Waals surface area contributed by atoms with Crippen LogP contribution in [0.5, 0.6) is 0 Å². The lowest BCUT2D eigenvalue weighted by atomic mass is 9.95. The molecule has 0 spiro atoms. The lowest BCUT2D eigenvalue weighted by Crippen LogP contribution is -3.00. The maximum Gasteiger partial charge on any atom is 0.173 e. The highest BCUT2D eigenvalue weighted by molar-refractivity contribution is 5.86. The fourth-order valence-corrected chi connectivity index (χ4v) is 4.55. The van der Waals surface area contributed by atoms with Gasteiger partial charge in [-0.2, -0.15) is 0 Å². The minimum atomic E-state index is 0. The van der Waals surface area contributed by atoms with Gasteiger partial charge in [-0.15, -0.1) is 0 Å². The third-order valence-electron chi connectivity index (χ3n) is 6.07. The van der Waals surface area contributed by atoms with Gasteiger partial charge in [-0.05, 0) is 49.8 Å². The molecule has 4 aromatic rings. The monoisotopic (exact) mass is 402 g/mol. The van der Waals surface area contributed by atoms with Crippen LogP contribution in [-0.2, 0) is 25.9 Å². The third-order valence-corrected chi connectivity index (χ3v) is 6.07. The standard InChI is InChI=1S/C26H27N2.ClH/c1-20-10-12-21(13-11-20)18-27-16-14-22(15-17-27)19-28-25-8-4-2-6-23(25)24-7-3-5-9-26(24)28;/h2,4,6,8,10-17H,3,5,7,9,18-19H2,1H3;1H/q+1;/p-1. The molecule has 1 aliphatic carbocycles. The number of benzene rings is 2. The fraction of sp³-hybridized carbons (Fsp3) is 0.269. The normalized spacial score (nSPS) is 13.1. The van der Waals surface area contributed by atoms with E-state index in [-0.39, 0.29) is 12.4 Å². The molecular weight excluding hydrogens is 376 g/mol. The number of nitrogens with zero attached hydrogens (tertiary/aromatic N) is 2. The topological polar surface area (TPSA) is 8.81 Å². The van der Waals surface area contributed by atoms with E-state index in [1.54, 1.807) is 11.3 Å². The molecule has 148 valence electrons. The van der Waals surface area contributed by atoms with Crippen LogP contribution in [-0.4, -0.2) is 4.57 Å². The van der Waals surface area contributed by atoms with Crippen LogP contribution in [0, 0.1) is 6.92 Å². The first kappa shape index (κ1) is 19.7. The number of hydrogen-bond acceptors (Lipinski definition) is 0. The largest absolute Gasteiger partial charge is 1.00 e. The van der Waals surface area contributed by atoms with Crippen LogP contribution in [0.4, 0.5) is 0 Å². The number of pyridine rings is 1. The Bertz CT molecular complexity index is 1110. The van der Waals surface area contributed by atoms with Crippen molar-refractivity contribution in [1.29, 1.82) is 0 Å². The molecule has 2 heterocycles. The Morgan fingerprint density at radius 2 is 1.55 bits per heavy atom. The van der Waals surface area contributed by atoms with Gasteiger partial charge in [-0.1, -0.05) is 48.0 Å². The van der Waals surface area contributed by atoms with E-state index in [1.165, 1.54) is 53.3 Å². The van der Waals surface area contributed by atoms with Crippen molar-refractivity contribution in [2.75, 3.05) is 0 Å². The zero-order valence-corrected chi connectivity index (χ0v) is 17.7. The van der Waals surface area contributed by atoms with Crippen molar-refractivity contribution in [3.05, 3.63) is 101 Å². The van der Waals surface area contributed by atoms with Gasteiger partial charge < -0.3 is 17.0 Å². The Kier molecular flexibility index (Phi) is 5.73. The van der Waals surface area contributed by atoms with E-state index >= 15 is 0 Å². The summed E-state index contributed by atoms with van der Waals surface area (Å²) in [7, 11) is 0. The summed E-state index contributed by atoms with van der Waals surface area (Å²) in [5.74, 6) is 0. The van der Waals surface area contributed by atoms with Gasteiger partial charge in [-0.25, -0.2) is 4.57 Å². The second-order valence-electron chi connectivity index (χ2n) is 8.10. The summed E-state index contributed by atoms with van der Waals surface area (Å²) in [5.41, 5.74) is 8.57. The molecule has 0 N–H and O–H groups in total. The molecule has 0 bridgehead atoms. The van der Waals surface area contributed by atoms with Crippen molar-refractivity contribution in [3.8, 4) is 0 Å². The maximum atomic E-state index is 2.56. The summed E-state index contributed by atoms with van der Waals surface area (Å²) in [6.07, 6.45) is 9.51. The summed E-state index contributed by atoms with van der Waals surface area (Å²) in [6.45, 7) is 4.01. The predicted octanol–water partition coefficient (Wildman–Crippen LogP) is 2.22. The molecule has 2 aromatic carbocycles. The molecule has 5 rings (SSSR count). The molecule has 0 saturated heterocycles. The Labute approximate surface area is 179 Å². The molecule has 0 aliphatic heterocycles. The highest BCUT2D eigenvalue weighted by atomic mass is 35.5. The summed E-state index contributed by atoms with van der Waals surface area (Å²) in [4.78, 5) is 0. The van der Waals surface area contributed by atoms with Crippen molar-refractivity contribution >= 4 is 10.9 Å². The van der Waals surface area contributed by atoms with E-state index in [0.717, 1.165) is 13.1 Å². The second kappa shape index (κ2) is 8.42. The molecule has 0 radical (unpaired) electrons. The van der Waals surface area contributed by atoms with Crippen molar-refractivity contribution in [3.63, 3.8) is 0 Å². The second-order valence-corrected chi connectivity index (χ2v) is 8.10. The van der Waals surface area contributed by atoms with E-state index in [1.807, 2.05) is 0 Å². The molecule has 2 nitrogen and oxygen atoms in total. The van der Waals surface area contributed by atoms with Gasteiger partial charge in [0.2, 0.25) is 0 Å². The molecule has 3 heteroatoms. The summed E-state index contributed by atoms with van der Waals surface area (Å²) >= 11 is 0. The van der Waals surface area contributed by atoms with Crippen molar-refractivity contribution in [1.82, 2.24) is 4.57 Å². The highest BCUT2D eigenvalue weighted by Crippen LogP contribution is 2.32. The number of aryl methyl sites for hydroxylation is 2. The van der Waals surface area contributed by atoms with Crippen LogP contribution in [0.15, 0.2) is 73.1 Å². The molecule has 0 amide bonds. The van der Waals surface area contributed by atoms with Crippen molar-refractivity contribution in [2.24, 2.45) is 0 Å². The molecule has 0 fully saturated rings. The number of halogens is 1. The highest BCUT2D eigenvalue weighted by Gasteiger charge is 2.19. The van der Waals surface area contributed by atoms with E-state index < -0.39 is 0 Å². The van der Waals surface area contributed by atoms with Gasteiger partial charge in [0.25, 0.3) is 0 Å². The molecule has 1 aliphatic rings. The van der Waals surface area contributed by atoms with Crippen LogP contribution >= 0.6 is 0 Å². The van der Waals surface area contributed by atoms with Crippen LogP contribution in [0.25, 0.3) is 10.9 Å². The van der Waals surface area contributed by atoms with Gasteiger partial charge in [0, 0.05) is 40.8 Å². The van der Waals surface area contributed by atoms with Gasteiger partial charge in [-0.3, -0.25) is 0 Å². The Morgan fingerprint density at radius 1 is 0.828 bits per heavy atom. The van der Waals surface area contributed by atoms with Gasteiger partial charge in [0.1, 0.15) is 0 Å². The van der Waals surface area contributed by atoms with Crippen LogP contribution in [0.1, 0.15) is 40.8 Å². The van der Waals surface area contributed by atoms with Gasteiger partial charge >= 0.3 is 0 Å². The molecule has 29 heavy (non-hydrogen) atoms. The average Bonchev–Trinajstić information content (AvgIpc) is 3.05. The number of hydrogen-bond donors (Lipinski definition) is 0. The first-order valence-corrected chi connectivity index (χ1v) is 10.4. The number of aromatic nitrogens is 2. The van der Waals surface area contributed by atoms with Crippen LogP contribution in [0.3, 0.4) is 0 Å². The fourth-order valence-electron chi connectivity index (χ4n) is 4.55. The molecule has 0 atom stereocenters. The van der Waals surface area contributed by atoms with E-state index in [0.29, 0.717) is 0 Å². The van der Waals surface area contributed by atoms with Gasteiger partial charge in [0.15, 0.2) is 18.9 Å². The van der Waals surface area contributed by atoms with Crippen molar-refractivity contribution in [2.45, 2.75) is 45.7 Å². The lowest BCUT2D eigenvalue weighted by Gasteiger charge is -2.16. The summed E-state index contributed by atoms with van der Waals surface area (Å²) in [5, 5.41) is 1.46. The average molecular weight is 403 g/mol. The van der Waals surface area contributed by atoms with Gasteiger partial charge in [0.05, 0.1) is 0 Å². The molecule has 0 saturated carbocycles. The lowest BCUT2D eigenvalue weighted by molar-refractivity contribution is -0.688. The molecule has 0 unspecified atom stereocenters. The molecular formula is C26H27ClN2. The first-order chi connectivity index (χ1) is 13.8. The Balaban J connectivity index is 0.00000205. The van der Waals surface area contributed by atoms with Crippen LogP contribution in [0.2, 0.25) is 0 Å². The zero-order valence-electron chi connectivity index (χ0n) is 16.9. The minimum Gasteiger partial charge on any atom is -1.00 e.